The molecule has 0 unspecified atom stereocenters. The van der Waals surface area contributed by atoms with Crippen LogP contribution >= 0.6 is 11.6 Å². The summed E-state index contributed by atoms with van der Waals surface area (Å²) < 4.78 is 0. The number of imide groups is 1. The van der Waals surface area contributed by atoms with Crippen LogP contribution in [0.3, 0.4) is 0 Å². The molecular weight excluding hydrogens is 342 g/mol. The van der Waals surface area contributed by atoms with Crippen molar-refractivity contribution in [3.63, 3.8) is 0 Å². The molecule has 2 fully saturated rings. The largest absolute Gasteiger partial charge is 0.324 e. The third kappa shape index (κ3) is 1.92. The minimum absolute atomic E-state index is 0.182. The fraction of sp³-hybridized carbons (Fsp3) is 0.500. The van der Waals surface area contributed by atoms with Crippen LogP contribution in [0.5, 0.6) is 0 Å². The number of hydrogen-bond acceptors (Lipinski definition) is 4. The third-order valence-electron chi connectivity index (χ3n) is 5.89. The molecule has 132 valence electrons. The van der Waals surface area contributed by atoms with E-state index in [0.29, 0.717) is 22.7 Å². The van der Waals surface area contributed by atoms with Crippen molar-refractivity contribution < 1.29 is 14.4 Å². The molecule has 0 aliphatic carbocycles. The zero-order valence-electron chi connectivity index (χ0n) is 14.3. The SMILES string of the molecule is CC[C@H](C)N1C(=O)[C@@H]2[C@H](C)N[C@@]3(C(=O)Nc4ccc(Cl)cc43)[C@@H]2C1=O. The number of carbonyl (C=O) groups excluding carboxylic acids is 3. The van der Waals surface area contributed by atoms with Crippen molar-refractivity contribution in [2.75, 3.05) is 5.32 Å². The lowest BCUT2D eigenvalue weighted by Gasteiger charge is -2.30. The highest BCUT2D eigenvalue weighted by Gasteiger charge is 2.69. The lowest BCUT2D eigenvalue weighted by Crippen LogP contribution is -2.53. The van der Waals surface area contributed by atoms with Crippen molar-refractivity contribution in [1.82, 2.24) is 10.2 Å². The Kier molecular flexibility index (Phi) is 3.50. The average Bonchev–Trinajstić information content (AvgIpc) is 3.12. The lowest BCUT2D eigenvalue weighted by molar-refractivity contribution is -0.145. The lowest BCUT2D eigenvalue weighted by atomic mass is 9.76. The van der Waals surface area contributed by atoms with Gasteiger partial charge in [-0.1, -0.05) is 18.5 Å². The van der Waals surface area contributed by atoms with Crippen LogP contribution in [0.1, 0.15) is 32.8 Å². The van der Waals surface area contributed by atoms with Gasteiger partial charge in [-0.05, 0) is 38.5 Å². The van der Waals surface area contributed by atoms with E-state index in [4.69, 9.17) is 11.6 Å². The van der Waals surface area contributed by atoms with Gasteiger partial charge in [-0.2, -0.15) is 0 Å². The maximum Gasteiger partial charge on any atom is 0.250 e. The first kappa shape index (κ1) is 16.5. The monoisotopic (exact) mass is 361 g/mol. The second-order valence-corrected chi connectivity index (χ2v) is 7.63. The molecule has 1 spiro atoms. The van der Waals surface area contributed by atoms with E-state index in [1.165, 1.54) is 4.90 Å². The van der Waals surface area contributed by atoms with Gasteiger partial charge in [-0.25, -0.2) is 0 Å². The number of anilines is 1. The van der Waals surface area contributed by atoms with Crippen LogP contribution in [0, 0.1) is 11.8 Å². The van der Waals surface area contributed by atoms with Gasteiger partial charge in [-0.3, -0.25) is 24.6 Å². The topological polar surface area (TPSA) is 78.5 Å². The quantitative estimate of drug-likeness (QED) is 0.788. The van der Waals surface area contributed by atoms with E-state index >= 15 is 0 Å². The molecule has 6 nitrogen and oxygen atoms in total. The number of rotatable bonds is 2. The summed E-state index contributed by atoms with van der Waals surface area (Å²) >= 11 is 6.15. The third-order valence-corrected chi connectivity index (χ3v) is 6.13. The van der Waals surface area contributed by atoms with Crippen LogP contribution in [0.4, 0.5) is 5.69 Å². The predicted molar refractivity (Wildman–Crippen MR) is 92.9 cm³/mol. The number of benzene rings is 1. The summed E-state index contributed by atoms with van der Waals surface area (Å²) in [6, 6.07) is 4.67. The van der Waals surface area contributed by atoms with E-state index in [2.05, 4.69) is 10.6 Å². The van der Waals surface area contributed by atoms with Crippen LogP contribution < -0.4 is 10.6 Å². The normalized spacial score (nSPS) is 34.5. The number of fused-ring (bicyclic) bond motifs is 4. The number of amides is 3. The summed E-state index contributed by atoms with van der Waals surface area (Å²) in [6.45, 7) is 5.66. The molecule has 3 aliphatic rings. The molecule has 0 bridgehead atoms. The van der Waals surface area contributed by atoms with Crippen LogP contribution in [-0.2, 0) is 19.9 Å². The summed E-state index contributed by atoms with van der Waals surface area (Å²) in [7, 11) is 0. The first-order valence-electron chi connectivity index (χ1n) is 8.59. The minimum Gasteiger partial charge on any atom is -0.324 e. The molecule has 4 rings (SSSR count). The van der Waals surface area contributed by atoms with Crippen LogP contribution in [-0.4, -0.2) is 34.7 Å². The second kappa shape index (κ2) is 5.29. The van der Waals surface area contributed by atoms with Gasteiger partial charge in [0, 0.05) is 28.4 Å². The summed E-state index contributed by atoms with van der Waals surface area (Å²) in [4.78, 5) is 40.4. The van der Waals surface area contributed by atoms with Gasteiger partial charge in [0.15, 0.2) is 0 Å². The fourth-order valence-corrected chi connectivity index (χ4v) is 4.75. The Morgan fingerprint density at radius 2 is 2.00 bits per heavy atom. The number of halogens is 1. The highest BCUT2D eigenvalue weighted by Crippen LogP contribution is 2.53. The number of hydrogen-bond donors (Lipinski definition) is 2. The van der Waals surface area contributed by atoms with Crippen molar-refractivity contribution >= 4 is 35.0 Å². The molecule has 25 heavy (non-hydrogen) atoms. The molecule has 2 saturated heterocycles. The minimum atomic E-state index is -1.24. The summed E-state index contributed by atoms with van der Waals surface area (Å²) in [6.07, 6.45) is 0.681. The highest BCUT2D eigenvalue weighted by molar-refractivity contribution is 6.31. The van der Waals surface area contributed by atoms with Crippen molar-refractivity contribution in [3.8, 4) is 0 Å². The molecule has 7 heteroatoms. The maximum atomic E-state index is 13.2. The van der Waals surface area contributed by atoms with Gasteiger partial charge in [0.1, 0.15) is 5.54 Å². The van der Waals surface area contributed by atoms with Gasteiger partial charge < -0.3 is 5.32 Å². The van der Waals surface area contributed by atoms with E-state index in [1.807, 2.05) is 20.8 Å². The smallest absolute Gasteiger partial charge is 0.250 e. The first-order chi connectivity index (χ1) is 11.8. The maximum absolute atomic E-state index is 13.2. The molecule has 1 aromatic carbocycles. The fourth-order valence-electron chi connectivity index (χ4n) is 4.58. The van der Waals surface area contributed by atoms with E-state index in [9.17, 15) is 14.4 Å². The van der Waals surface area contributed by atoms with Crippen molar-refractivity contribution in [2.24, 2.45) is 11.8 Å². The Labute approximate surface area is 150 Å². The highest BCUT2D eigenvalue weighted by atomic mass is 35.5. The number of likely N-dealkylation sites (tertiary alicyclic amines) is 1. The average molecular weight is 362 g/mol. The Hall–Kier alpha value is -1.92. The summed E-state index contributed by atoms with van der Waals surface area (Å²) in [5.74, 6) is -2.05. The van der Waals surface area contributed by atoms with E-state index in [-0.39, 0.29) is 29.8 Å². The molecule has 0 radical (unpaired) electrons. The zero-order chi connectivity index (χ0) is 18.1. The van der Waals surface area contributed by atoms with E-state index in [0.717, 1.165) is 0 Å². The predicted octanol–water partition coefficient (Wildman–Crippen LogP) is 1.88. The molecule has 2 N–H and O–H groups in total. The van der Waals surface area contributed by atoms with Gasteiger partial charge >= 0.3 is 0 Å². The Bertz CT molecular complexity index is 811. The van der Waals surface area contributed by atoms with Gasteiger partial charge in [0.05, 0.1) is 11.8 Å². The standard InChI is InChI=1S/C18H20ClN3O3/c1-4-8(2)22-15(23)13-9(3)21-18(14(13)16(22)24)11-7-10(19)5-6-12(11)20-17(18)25/h5-9,13-14,21H,4H2,1-3H3,(H,20,25)/t8-,9-,13+,14-,18+/m0/s1. The van der Waals surface area contributed by atoms with Gasteiger partial charge in [0.2, 0.25) is 17.7 Å². The second-order valence-electron chi connectivity index (χ2n) is 7.19. The molecule has 3 heterocycles. The van der Waals surface area contributed by atoms with Crippen molar-refractivity contribution in [1.29, 1.82) is 0 Å². The molecule has 3 amide bonds. The van der Waals surface area contributed by atoms with E-state index in [1.54, 1.807) is 18.2 Å². The Morgan fingerprint density at radius 3 is 2.68 bits per heavy atom. The first-order valence-corrected chi connectivity index (χ1v) is 8.96. The summed E-state index contributed by atoms with van der Waals surface area (Å²) in [5, 5.41) is 6.59. The van der Waals surface area contributed by atoms with Crippen LogP contribution in [0.25, 0.3) is 0 Å². The molecule has 0 aromatic heterocycles. The van der Waals surface area contributed by atoms with Gasteiger partial charge in [-0.15, -0.1) is 0 Å². The molecular formula is C18H20ClN3O3. The van der Waals surface area contributed by atoms with Crippen molar-refractivity contribution in [3.05, 3.63) is 28.8 Å². The van der Waals surface area contributed by atoms with E-state index < -0.39 is 17.4 Å². The van der Waals surface area contributed by atoms with Crippen LogP contribution in [0.15, 0.2) is 18.2 Å². The van der Waals surface area contributed by atoms with Crippen LogP contribution in [0.2, 0.25) is 5.02 Å². The summed E-state index contributed by atoms with van der Waals surface area (Å²) in [5.41, 5.74) is 0.0488. The number of carbonyl (C=O) groups is 3. The number of nitrogens with zero attached hydrogens (tertiary/aromatic N) is 1. The molecule has 1 aromatic rings. The Balaban J connectivity index is 1.89. The molecule has 0 saturated carbocycles. The molecule has 3 aliphatic heterocycles. The van der Waals surface area contributed by atoms with Gasteiger partial charge in [0.25, 0.3) is 0 Å². The molecule has 5 atom stereocenters. The Morgan fingerprint density at radius 1 is 1.28 bits per heavy atom. The van der Waals surface area contributed by atoms with Crippen molar-refractivity contribution in [2.45, 2.75) is 44.8 Å². The zero-order valence-corrected chi connectivity index (χ0v) is 15.1. The number of nitrogens with one attached hydrogen (secondary N) is 2.